The lowest BCUT2D eigenvalue weighted by Gasteiger charge is -2.14. The lowest BCUT2D eigenvalue weighted by molar-refractivity contribution is -0.103. The van der Waals surface area contributed by atoms with E-state index in [4.69, 9.17) is 23.2 Å². The first kappa shape index (κ1) is 42.3. The number of carbonyl (C=O) groups excluding carboxylic acids is 1. The average molecular weight is 653 g/mol. The van der Waals surface area contributed by atoms with Crippen LogP contribution in [0.25, 0.3) is 11.6 Å². The van der Waals surface area contributed by atoms with Crippen molar-refractivity contribution in [3.05, 3.63) is 110 Å². The summed E-state index contributed by atoms with van der Waals surface area (Å²) in [5.74, 6) is 1.27. The highest BCUT2D eigenvalue weighted by atomic mass is 35.5. The number of aromatic nitrogens is 1. The van der Waals surface area contributed by atoms with Crippen LogP contribution in [0.1, 0.15) is 136 Å². The van der Waals surface area contributed by atoms with Crippen LogP contribution < -0.4 is 0 Å². The Labute approximate surface area is 286 Å². The Bertz CT molecular complexity index is 1280. The van der Waals surface area contributed by atoms with Crippen LogP contribution >= 0.6 is 23.2 Å². The Morgan fingerprint density at radius 1 is 0.956 bits per heavy atom. The number of carbonyl (C=O) groups is 1. The summed E-state index contributed by atoms with van der Waals surface area (Å²) in [6.45, 7) is 25.1. The van der Waals surface area contributed by atoms with E-state index in [1.165, 1.54) is 48.8 Å². The molecule has 1 aromatic carbocycles. The van der Waals surface area contributed by atoms with Gasteiger partial charge >= 0.3 is 0 Å². The first-order chi connectivity index (χ1) is 21.5. The van der Waals surface area contributed by atoms with Crippen molar-refractivity contribution in [1.82, 2.24) is 4.98 Å². The summed E-state index contributed by atoms with van der Waals surface area (Å²) < 4.78 is 0. The van der Waals surface area contributed by atoms with Gasteiger partial charge < -0.3 is 0 Å². The molecule has 248 valence electrons. The van der Waals surface area contributed by atoms with Gasteiger partial charge in [-0.1, -0.05) is 158 Å². The second-order valence-electron chi connectivity index (χ2n) is 11.5. The van der Waals surface area contributed by atoms with Crippen LogP contribution in [0.5, 0.6) is 0 Å². The third kappa shape index (κ3) is 15.9. The molecular weight excluding hydrogens is 593 g/mol. The van der Waals surface area contributed by atoms with E-state index in [0.717, 1.165) is 42.0 Å². The fourth-order valence-corrected chi connectivity index (χ4v) is 5.32. The molecule has 2 atom stereocenters. The standard InChI is InChI=1S/C19H19Cl2NO.C11H14.C9H20.C2H6/c1-4-12(2)19-14(9-8-13(3)22-19)10-15(11-23)18-16(20)6-5-7-17(18)21;1-4-11-8-6-9(2)5-7-10(11)3;1-4-6-8-9(3)7-5-2;1-2/h5-12H,4H2,1-3H3;4-6,8H,1,7H2,2-3H3;9H,4-8H2,1-3H3;1-2H3/b15-10+;;;. The topological polar surface area (TPSA) is 30.0 Å². The third-order valence-electron chi connectivity index (χ3n) is 7.67. The molecule has 1 heterocycles. The van der Waals surface area contributed by atoms with Gasteiger partial charge in [-0.15, -0.1) is 0 Å². The summed E-state index contributed by atoms with van der Waals surface area (Å²) in [6, 6.07) is 9.13. The number of hydrogen-bond acceptors (Lipinski definition) is 2. The molecule has 0 radical (unpaired) electrons. The number of hydrogen-bond donors (Lipinski definition) is 0. The highest BCUT2D eigenvalue weighted by Crippen LogP contribution is 2.32. The molecule has 0 aliphatic heterocycles. The zero-order chi connectivity index (χ0) is 34.4. The molecular formula is C41H59Cl2NO. The molecule has 2 aromatic rings. The van der Waals surface area contributed by atoms with Gasteiger partial charge in [0.1, 0.15) is 0 Å². The zero-order valence-electron chi connectivity index (χ0n) is 29.8. The van der Waals surface area contributed by atoms with Crippen molar-refractivity contribution in [2.24, 2.45) is 5.92 Å². The highest BCUT2D eigenvalue weighted by Gasteiger charge is 2.14. The Kier molecular flexibility index (Phi) is 23.1. The first-order valence-corrected chi connectivity index (χ1v) is 17.5. The number of unbranched alkanes of at least 4 members (excludes halogenated alkanes) is 1. The van der Waals surface area contributed by atoms with Gasteiger partial charge in [-0.3, -0.25) is 9.78 Å². The fourth-order valence-electron chi connectivity index (χ4n) is 4.70. The van der Waals surface area contributed by atoms with Crippen LogP contribution in [0.3, 0.4) is 0 Å². The molecule has 4 heteroatoms. The van der Waals surface area contributed by atoms with Crippen LogP contribution in [-0.2, 0) is 4.79 Å². The van der Waals surface area contributed by atoms with Gasteiger partial charge in [0.05, 0.1) is 15.7 Å². The summed E-state index contributed by atoms with van der Waals surface area (Å²) in [5, 5.41) is 0.919. The van der Waals surface area contributed by atoms with Gasteiger partial charge in [0.25, 0.3) is 0 Å². The minimum atomic E-state index is 0.302. The normalized spacial score (nSPS) is 13.9. The maximum atomic E-state index is 11.6. The lowest BCUT2D eigenvalue weighted by Crippen LogP contribution is -2.01. The Morgan fingerprint density at radius 3 is 2.13 bits per heavy atom. The monoisotopic (exact) mass is 651 g/mol. The zero-order valence-corrected chi connectivity index (χ0v) is 31.3. The fraction of sp³-hybridized carbons (Fsp3) is 0.463. The SMILES string of the molecule is C=CC1=C(C)CC=C(C)C=C1.CC.CCC(C)c1nc(C)ccc1/C=C(\C=O)c1c(Cl)cccc1Cl.CCCCC(C)CCC. The number of nitrogens with zero attached hydrogens (tertiary/aromatic N) is 1. The third-order valence-corrected chi connectivity index (χ3v) is 8.30. The molecule has 3 rings (SSSR count). The average Bonchev–Trinajstić information content (AvgIpc) is 3.20. The van der Waals surface area contributed by atoms with Crippen LogP contribution in [0.4, 0.5) is 0 Å². The van der Waals surface area contributed by atoms with E-state index >= 15 is 0 Å². The molecule has 2 unspecified atom stereocenters. The van der Waals surface area contributed by atoms with Crippen LogP contribution in [-0.4, -0.2) is 11.3 Å². The van der Waals surface area contributed by atoms with Crippen LogP contribution in [0, 0.1) is 12.8 Å². The van der Waals surface area contributed by atoms with Gasteiger partial charge in [0, 0.05) is 16.8 Å². The van der Waals surface area contributed by atoms with Gasteiger partial charge in [0.2, 0.25) is 0 Å². The molecule has 0 saturated heterocycles. The Hall–Kier alpha value is -2.68. The van der Waals surface area contributed by atoms with E-state index in [1.807, 2.05) is 45.1 Å². The molecule has 1 aliphatic rings. The molecule has 0 fully saturated rings. The van der Waals surface area contributed by atoms with Crippen LogP contribution in [0.15, 0.2) is 77.9 Å². The smallest absolute Gasteiger partial charge is 0.150 e. The largest absolute Gasteiger partial charge is 0.298 e. The van der Waals surface area contributed by atoms with Gasteiger partial charge in [-0.05, 0) is 80.9 Å². The number of allylic oxidation sites excluding steroid dienone is 8. The molecule has 1 aromatic heterocycles. The quantitative estimate of drug-likeness (QED) is 0.179. The molecule has 0 spiro atoms. The molecule has 0 N–H and O–H groups in total. The van der Waals surface area contributed by atoms with E-state index in [2.05, 4.69) is 78.3 Å². The van der Waals surface area contributed by atoms with Crippen molar-refractivity contribution in [1.29, 1.82) is 0 Å². The number of aldehydes is 1. The number of halogens is 2. The van der Waals surface area contributed by atoms with Crippen molar-refractivity contribution in [2.75, 3.05) is 0 Å². The molecule has 2 nitrogen and oxygen atoms in total. The first-order valence-electron chi connectivity index (χ1n) is 16.8. The van der Waals surface area contributed by atoms with E-state index in [9.17, 15) is 4.79 Å². The molecule has 0 amide bonds. The summed E-state index contributed by atoms with van der Waals surface area (Å²) in [7, 11) is 0. The summed E-state index contributed by atoms with van der Waals surface area (Å²) in [4.78, 5) is 16.3. The van der Waals surface area contributed by atoms with Gasteiger partial charge in [0.15, 0.2) is 6.29 Å². The molecule has 0 bridgehead atoms. The maximum absolute atomic E-state index is 11.6. The van der Waals surface area contributed by atoms with Crippen molar-refractivity contribution in [3.63, 3.8) is 0 Å². The number of aryl methyl sites for hydroxylation is 1. The van der Waals surface area contributed by atoms with E-state index in [0.29, 0.717) is 27.1 Å². The summed E-state index contributed by atoms with van der Waals surface area (Å²) in [6.07, 6.45) is 20.0. The van der Waals surface area contributed by atoms with Crippen molar-refractivity contribution < 1.29 is 4.79 Å². The van der Waals surface area contributed by atoms with E-state index < -0.39 is 0 Å². The van der Waals surface area contributed by atoms with Crippen molar-refractivity contribution in [3.8, 4) is 0 Å². The van der Waals surface area contributed by atoms with Crippen LogP contribution in [0.2, 0.25) is 10.0 Å². The lowest BCUT2D eigenvalue weighted by atomic mass is 9.96. The van der Waals surface area contributed by atoms with Crippen molar-refractivity contribution >= 4 is 41.1 Å². The summed E-state index contributed by atoms with van der Waals surface area (Å²) in [5.41, 5.74) is 7.86. The van der Waals surface area contributed by atoms with Crippen molar-refractivity contribution in [2.45, 2.75) is 120 Å². The number of benzene rings is 1. The van der Waals surface area contributed by atoms with E-state index in [-0.39, 0.29) is 0 Å². The highest BCUT2D eigenvalue weighted by molar-refractivity contribution is 6.40. The number of rotatable bonds is 11. The Morgan fingerprint density at radius 2 is 1.60 bits per heavy atom. The predicted octanol–water partition coefficient (Wildman–Crippen LogP) is 14.0. The minimum absolute atomic E-state index is 0.302. The van der Waals surface area contributed by atoms with Gasteiger partial charge in [-0.2, -0.15) is 0 Å². The minimum Gasteiger partial charge on any atom is -0.298 e. The van der Waals surface area contributed by atoms with Gasteiger partial charge in [-0.25, -0.2) is 0 Å². The molecule has 1 aliphatic carbocycles. The second-order valence-corrected chi connectivity index (χ2v) is 12.3. The maximum Gasteiger partial charge on any atom is 0.150 e. The molecule has 0 saturated carbocycles. The second kappa shape index (κ2) is 24.5. The summed E-state index contributed by atoms with van der Waals surface area (Å²) >= 11 is 12.4. The predicted molar refractivity (Wildman–Crippen MR) is 203 cm³/mol. The number of pyridine rings is 1. The Balaban J connectivity index is 0.000000730. The molecule has 45 heavy (non-hydrogen) atoms. The van der Waals surface area contributed by atoms with E-state index in [1.54, 1.807) is 18.2 Å².